The number of nitrogens with zero attached hydrogens (tertiary/aromatic N) is 2. The Morgan fingerprint density at radius 3 is 2.67 bits per heavy atom. The maximum atomic E-state index is 12.1. The first-order valence-electron chi connectivity index (χ1n) is 5.71. The van der Waals surface area contributed by atoms with E-state index in [0.29, 0.717) is 11.8 Å². The minimum atomic E-state index is -3.51. The predicted octanol–water partition coefficient (Wildman–Crippen LogP) is -0.551. The summed E-state index contributed by atoms with van der Waals surface area (Å²) < 4.78 is 26.8. The number of nitriles is 1. The molecule has 0 radical (unpaired) electrons. The fourth-order valence-corrected chi connectivity index (χ4v) is 3.73. The van der Waals surface area contributed by atoms with E-state index in [4.69, 9.17) is 5.26 Å². The molecule has 1 aliphatic carbocycles. The molecule has 0 spiro atoms. The molecule has 2 atom stereocenters. The standard InChI is InChI=1S/C11H12N4O2S/c12-3-7-1-2-8(4-14-7)18(16,17)15-11-9-5-13-6-10(9)11/h1-2,4,9-11,13,15H,5-6H2. The van der Waals surface area contributed by atoms with Gasteiger partial charge in [0.15, 0.2) is 0 Å². The molecule has 2 fully saturated rings. The average molecular weight is 264 g/mol. The van der Waals surface area contributed by atoms with Gasteiger partial charge in [-0.3, -0.25) is 0 Å². The summed E-state index contributed by atoms with van der Waals surface area (Å²) in [5.41, 5.74) is 0.210. The van der Waals surface area contributed by atoms with Crippen LogP contribution in [0.5, 0.6) is 0 Å². The van der Waals surface area contributed by atoms with Gasteiger partial charge in [-0.05, 0) is 37.1 Å². The summed E-state index contributed by atoms with van der Waals surface area (Å²) in [4.78, 5) is 3.88. The molecule has 2 N–H and O–H groups in total. The molecule has 1 aromatic rings. The van der Waals surface area contributed by atoms with Crippen molar-refractivity contribution in [2.45, 2.75) is 10.9 Å². The van der Waals surface area contributed by atoms with Crippen molar-refractivity contribution in [3.05, 3.63) is 24.0 Å². The molecule has 18 heavy (non-hydrogen) atoms. The zero-order valence-corrected chi connectivity index (χ0v) is 10.3. The van der Waals surface area contributed by atoms with Crippen molar-refractivity contribution in [3.8, 4) is 6.07 Å². The maximum Gasteiger partial charge on any atom is 0.242 e. The number of sulfonamides is 1. The Morgan fingerprint density at radius 2 is 2.11 bits per heavy atom. The Kier molecular flexibility index (Phi) is 2.59. The molecule has 6 nitrogen and oxygen atoms in total. The fraction of sp³-hybridized carbons (Fsp3) is 0.455. The van der Waals surface area contributed by atoms with Crippen molar-refractivity contribution in [1.29, 1.82) is 5.26 Å². The number of piperidine rings is 1. The minimum absolute atomic E-state index is 0.0480. The molecule has 0 aromatic carbocycles. The second kappa shape index (κ2) is 4.02. The highest BCUT2D eigenvalue weighted by molar-refractivity contribution is 7.89. The third-order valence-electron chi connectivity index (χ3n) is 3.54. The van der Waals surface area contributed by atoms with Gasteiger partial charge in [0.2, 0.25) is 10.0 Å². The highest BCUT2D eigenvalue weighted by atomic mass is 32.2. The van der Waals surface area contributed by atoms with E-state index in [1.165, 1.54) is 18.3 Å². The van der Waals surface area contributed by atoms with Crippen LogP contribution in [0.25, 0.3) is 0 Å². The van der Waals surface area contributed by atoms with Gasteiger partial charge in [-0.2, -0.15) is 5.26 Å². The first kappa shape index (κ1) is 11.6. The lowest BCUT2D eigenvalue weighted by Crippen LogP contribution is -2.32. The number of fused-ring (bicyclic) bond motifs is 1. The molecule has 1 saturated heterocycles. The average Bonchev–Trinajstić information content (AvgIpc) is 2.80. The summed E-state index contributed by atoms with van der Waals surface area (Å²) in [7, 11) is -3.51. The van der Waals surface area contributed by atoms with Gasteiger partial charge in [0, 0.05) is 12.2 Å². The van der Waals surface area contributed by atoms with Crippen LogP contribution in [0.3, 0.4) is 0 Å². The van der Waals surface area contributed by atoms with E-state index in [1.807, 2.05) is 6.07 Å². The van der Waals surface area contributed by atoms with Gasteiger partial charge in [-0.25, -0.2) is 18.1 Å². The fourth-order valence-electron chi connectivity index (χ4n) is 2.45. The van der Waals surface area contributed by atoms with Gasteiger partial charge in [0.25, 0.3) is 0 Å². The monoisotopic (exact) mass is 264 g/mol. The summed E-state index contributed by atoms with van der Waals surface area (Å²) in [6.45, 7) is 1.76. The van der Waals surface area contributed by atoms with Gasteiger partial charge in [0.1, 0.15) is 16.7 Å². The van der Waals surface area contributed by atoms with E-state index < -0.39 is 10.0 Å². The first-order valence-corrected chi connectivity index (χ1v) is 7.19. The summed E-state index contributed by atoms with van der Waals surface area (Å²) in [5.74, 6) is 0.845. The van der Waals surface area contributed by atoms with Gasteiger partial charge < -0.3 is 5.32 Å². The Balaban J connectivity index is 1.76. The van der Waals surface area contributed by atoms with Gasteiger partial charge in [-0.15, -0.1) is 0 Å². The maximum absolute atomic E-state index is 12.1. The number of aromatic nitrogens is 1. The van der Waals surface area contributed by atoms with Gasteiger partial charge >= 0.3 is 0 Å². The molecule has 1 saturated carbocycles. The van der Waals surface area contributed by atoms with Crippen LogP contribution in [0, 0.1) is 23.2 Å². The number of hydrogen-bond acceptors (Lipinski definition) is 5. The third kappa shape index (κ3) is 1.88. The van der Waals surface area contributed by atoms with Crippen molar-refractivity contribution >= 4 is 10.0 Å². The molecular formula is C11H12N4O2S. The zero-order chi connectivity index (χ0) is 12.8. The van der Waals surface area contributed by atoms with Crippen LogP contribution in [0.15, 0.2) is 23.2 Å². The van der Waals surface area contributed by atoms with E-state index in [9.17, 15) is 8.42 Å². The van der Waals surface area contributed by atoms with E-state index >= 15 is 0 Å². The lowest BCUT2D eigenvalue weighted by atomic mass is 10.4. The number of nitrogens with one attached hydrogen (secondary N) is 2. The Bertz CT molecular complexity index is 595. The second-order valence-corrected chi connectivity index (χ2v) is 6.34. The number of pyridine rings is 1. The SMILES string of the molecule is N#Cc1ccc(S(=O)(=O)NC2C3CNCC32)cn1. The van der Waals surface area contributed by atoms with E-state index in [0.717, 1.165) is 13.1 Å². The van der Waals surface area contributed by atoms with Crippen molar-refractivity contribution < 1.29 is 8.42 Å². The molecule has 1 aromatic heterocycles. The number of hydrogen-bond donors (Lipinski definition) is 2. The van der Waals surface area contributed by atoms with Crippen LogP contribution in [-0.4, -0.2) is 32.5 Å². The van der Waals surface area contributed by atoms with Crippen LogP contribution in [0.2, 0.25) is 0 Å². The smallest absolute Gasteiger partial charge is 0.242 e. The Hall–Kier alpha value is -1.49. The molecule has 2 heterocycles. The van der Waals surface area contributed by atoms with Crippen LogP contribution in [-0.2, 0) is 10.0 Å². The molecule has 3 rings (SSSR count). The molecular weight excluding hydrogens is 252 g/mol. The molecule has 7 heteroatoms. The first-order chi connectivity index (χ1) is 8.62. The molecule has 0 bridgehead atoms. The lowest BCUT2D eigenvalue weighted by Gasteiger charge is -2.08. The minimum Gasteiger partial charge on any atom is -0.316 e. The highest BCUT2D eigenvalue weighted by Gasteiger charge is 2.54. The Labute approximate surface area is 105 Å². The van der Waals surface area contributed by atoms with Crippen LogP contribution < -0.4 is 10.0 Å². The molecule has 94 valence electrons. The number of rotatable bonds is 3. The third-order valence-corrected chi connectivity index (χ3v) is 4.99. The van der Waals surface area contributed by atoms with Crippen molar-refractivity contribution in [3.63, 3.8) is 0 Å². The second-order valence-electron chi connectivity index (χ2n) is 4.62. The molecule has 2 aliphatic rings. The van der Waals surface area contributed by atoms with Crippen molar-refractivity contribution in [1.82, 2.24) is 15.0 Å². The predicted molar refractivity (Wildman–Crippen MR) is 62.9 cm³/mol. The molecule has 2 unspecified atom stereocenters. The lowest BCUT2D eigenvalue weighted by molar-refractivity contribution is 0.565. The van der Waals surface area contributed by atoms with E-state index in [-0.39, 0.29) is 16.6 Å². The van der Waals surface area contributed by atoms with Gasteiger partial charge in [0.05, 0.1) is 0 Å². The van der Waals surface area contributed by atoms with Crippen molar-refractivity contribution in [2.24, 2.45) is 11.8 Å². The normalized spacial score (nSPS) is 29.6. The van der Waals surface area contributed by atoms with Crippen LogP contribution >= 0.6 is 0 Å². The van der Waals surface area contributed by atoms with E-state index in [1.54, 1.807) is 0 Å². The summed E-state index contributed by atoms with van der Waals surface area (Å²) in [5, 5.41) is 11.8. The van der Waals surface area contributed by atoms with Gasteiger partial charge in [-0.1, -0.05) is 0 Å². The quantitative estimate of drug-likeness (QED) is 0.763. The largest absolute Gasteiger partial charge is 0.316 e. The van der Waals surface area contributed by atoms with Crippen LogP contribution in [0.1, 0.15) is 5.69 Å². The Morgan fingerprint density at radius 1 is 1.39 bits per heavy atom. The van der Waals surface area contributed by atoms with Crippen molar-refractivity contribution in [2.75, 3.05) is 13.1 Å². The summed E-state index contributed by atoms with van der Waals surface area (Å²) >= 11 is 0. The zero-order valence-electron chi connectivity index (χ0n) is 9.50. The highest BCUT2D eigenvalue weighted by Crippen LogP contribution is 2.42. The van der Waals surface area contributed by atoms with E-state index in [2.05, 4.69) is 15.0 Å². The summed E-state index contributed by atoms with van der Waals surface area (Å²) in [6.07, 6.45) is 1.22. The molecule has 0 amide bonds. The topological polar surface area (TPSA) is 94.9 Å². The van der Waals surface area contributed by atoms with Crippen LogP contribution in [0.4, 0.5) is 0 Å². The molecule has 1 aliphatic heterocycles. The summed E-state index contributed by atoms with van der Waals surface area (Å²) in [6, 6.07) is 4.72.